The topological polar surface area (TPSA) is 49.3 Å². The quantitative estimate of drug-likeness (QED) is 0.535. The van der Waals surface area contributed by atoms with Crippen LogP contribution in [0.4, 0.5) is 0 Å². The SMILES string of the molecule is CCCCCCCC[C@H](CNCC)C(=O)O. The van der Waals surface area contributed by atoms with Gasteiger partial charge in [0.15, 0.2) is 0 Å². The third kappa shape index (κ3) is 8.72. The normalized spacial score (nSPS) is 12.6. The summed E-state index contributed by atoms with van der Waals surface area (Å²) in [5.41, 5.74) is 0. The summed E-state index contributed by atoms with van der Waals surface area (Å²) in [5.74, 6) is -0.861. The number of rotatable bonds is 11. The van der Waals surface area contributed by atoms with Crippen molar-refractivity contribution < 1.29 is 9.90 Å². The summed E-state index contributed by atoms with van der Waals surface area (Å²) in [6.45, 7) is 5.67. The summed E-state index contributed by atoms with van der Waals surface area (Å²) in [7, 11) is 0. The van der Waals surface area contributed by atoms with E-state index in [-0.39, 0.29) is 5.92 Å². The van der Waals surface area contributed by atoms with E-state index in [4.69, 9.17) is 5.11 Å². The van der Waals surface area contributed by atoms with Crippen molar-refractivity contribution in [2.45, 2.75) is 58.8 Å². The number of hydrogen-bond acceptors (Lipinski definition) is 2. The van der Waals surface area contributed by atoms with E-state index >= 15 is 0 Å². The maximum Gasteiger partial charge on any atom is 0.307 e. The van der Waals surface area contributed by atoms with E-state index in [1.165, 1.54) is 32.1 Å². The molecule has 0 saturated carbocycles. The van der Waals surface area contributed by atoms with Crippen LogP contribution >= 0.6 is 0 Å². The molecular formula is C13H27NO2. The first-order valence-electron chi connectivity index (χ1n) is 6.65. The van der Waals surface area contributed by atoms with Gasteiger partial charge in [-0.2, -0.15) is 0 Å². The molecule has 0 spiro atoms. The maximum absolute atomic E-state index is 10.9. The second-order valence-corrected chi connectivity index (χ2v) is 4.40. The maximum atomic E-state index is 10.9. The lowest BCUT2D eigenvalue weighted by Crippen LogP contribution is -2.28. The van der Waals surface area contributed by atoms with E-state index in [0.29, 0.717) is 6.54 Å². The molecule has 0 aromatic heterocycles. The number of carboxylic acid groups (broad SMARTS) is 1. The fourth-order valence-corrected chi connectivity index (χ4v) is 1.80. The molecule has 0 fully saturated rings. The molecule has 0 heterocycles. The van der Waals surface area contributed by atoms with Crippen LogP contribution < -0.4 is 5.32 Å². The number of hydrogen-bond donors (Lipinski definition) is 2. The molecule has 0 aromatic rings. The third-order valence-corrected chi connectivity index (χ3v) is 2.90. The van der Waals surface area contributed by atoms with Gasteiger partial charge in [-0.15, -0.1) is 0 Å². The Morgan fingerprint density at radius 2 is 1.75 bits per heavy atom. The third-order valence-electron chi connectivity index (χ3n) is 2.90. The molecule has 0 aliphatic rings. The lowest BCUT2D eigenvalue weighted by molar-refractivity contribution is -0.141. The minimum absolute atomic E-state index is 0.203. The van der Waals surface area contributed by atoms with Gasteiger partial charge in [-0.3, -0.25) is 4.79 Å². The van der Waals surface area contributed by atoms with E-state index < -0.39 is 5.97 Å². The van der Waals surface area contributed by atoms with Crippen LogP contribution in [0.2, 0.25) is 0 Å². The van der Waals surface area contributed by atoms with Crippen LogP contribution in [0.5, 0.6) is 0 Å². The zero-order valence-corrected chi connectivity index (χ0v) is 10.8. The molecule has 0 aliphatic carbocycles. The van der Waals surface area contributed by atoms with Crippen molar-refractivity contribution in [2.75, 3.05) is 13.1 Å². The van der Waals surface area contributed by atoms with E-state index in [2.05, 4.69) is 12.2 Å². The van der Waals surface area contributed by atoms with Gasteiger partial charge < -0.3 is 10.4 Å². The van der Waals surface area contributed by atoms with Gasteiger partial charge in [-0.05, 0) is 13.0 Å². The molecule has 0 saturated heterocycles. The molecule has 0 bridgehead atoms. The van der Waals surface area contributed by atoms with Gasteiger partial charge >= 0.3 is 5.97 Å². The number of aliphatic carboxylic acids is 1. The van der Waals surface area contributed by atoms with Crippen molar-refractivity contribution in [3.8, 4) is 0 Å². The molecule has 2 N–H and O–H groups in total. The molecule has 1 atom stereocenters. The smallest absolute Gasteiger partial charge is 0.307 e. The van der Waals surface area contributed by atoms with E-state index in [9.17, 15) is 4.79 Å². The predicted octanol–water partition coefficient (Wildman–Crippen LogP) is 3.05. The van der Waals surface area contributed by atoms with E-state index in [0.717, 1.165) is 19.4 Å². The van der Waals surface area contributed by atoms with Gasteiger partial charge in [0, 0.05) is 6.54 Å². The van der Waals surface area contributed by atoms with Crippen LogP contribution in [0.1, 0.15) is 58.8 Å². The van der Waals surface area contributed by atoms with Crippen LogP contribution in [0.15, 0.2) is 0 Å². The van der Waals surface area contributed by atoms with E-state index in [1.807, 2.05) is 6.92 Å². The average molecular weight is 229 g/mol. The average Bonchev–Trinajstić information content (AvgIpc) is 2.26. The van der Waals surface area contributed by atoms with Crippen LogP contribution in [0.3, 0.4) is 0 Å². The fourth-order valence-electron chi connectivity index (χ4n) is 1.80. The Hall–Kier alpha value is -0.570. The van der Waals surface area contributed by atoms with Gasteiger partial charge in [-0.25, -0.2) is 0 Å². The Kier molecular flexibility index (Phi) is 10.5. The highest BCUT2D eigenvalue weighted by atomic mass is 16.4. The number of carbonyl (C=O) groups is 1. The van der Waals surface area contributed by atoms with Crippen LogP contribution in [-0.4, -0.2) is 24.2 Å². The summed E-state index contributed by atoms with van der Waals surface area (Å²) in [6.07, 6.45) is 8.15. The first-order valence-corrected chi connectivity index (χ1v) is 6.65. The molecule has 16 heavy (non-hydrogen) atoms. The van der Waals surface area contributed by atoms with Crippen molar-refractivity contribution >= 4 is 5.97 Å². The first-order chi connectivity index (χ1) is 7.72. The highest BCUT2D eigenvalue weighted by Gasteiger charge is 2.15. The van der Waals surface area contributed by atoms with Crippen molar-refractivity contribution in [1.82, 2.24) is 5.32 Å². The molecule has 0 amide bonds. The number of nitrogens with one attached hydrogen (secondary N) is 1. The molecule has 96 valence electrons. The highest BCUT2D eigenvalue weighted by Crippen LogP contribution is 2.12. The molecule has 0 rings (SSSR count). The fraction of sp³-hybridized carbons (Fsp3) is 0.923. The van der Waals surface area contributed by atoms with Crippen LogP contribution in [0.25, 0.3) is 0 Å². The molecule has 3 nitrogen and oxygen atoms in total. The molecule has 0 aliphatic heterocycles. The Balaban J connectivity index is 3.48. The van der Waals surface area contributed by atoms with Gasteiger partial charge in [-0.1, -0.05) is 52.4 Å². The minimum atomic E-state index is -0.658. The molecule has 3 heteroatoms. The Labute approximate surface area is 99.6 Å². The minimum Gasteiger partial charge on any atom is -0.481 e. The highest BCUT2D eigenvalue weighted by molar-refractivity contribution is 5.70. The van der Waals surface area contributed by atoms with Gasteiger partial charge in [0.25, 0.3) is 0 Å². The Morgan fingerprint density at radius 1 is 1.12 bits per heavy atom. The molecule has 0 aromatic carbocycles. The summed E-state index contributed by atoms with van der Waals surface area (Å²) in [5, 5.41) is 12.1. The van der Waals surface area contributed by atoms with Gasteiger partial charge in [0.2, 0.25) is 0 Å². The Morgan fingerprint density at radius 3 is 2.31 bits per heavy atom. The largest absolute Gasteiger partial charge is 0.481 e. The van der Waals surface area contributed by atoms with E-state index in [1.54, 1.807) is 0 Å². The zero-order valence-electron chi connectivity index (χ0n) is 10.8. The Bertz CT molecular complexity index is 171. The second-order valence-electron chi connectivity index (χ2n) is 4.40. The lowest BCUT2D eigenvalue weighted by atomic mass is 10.0. The lowest BCUT2D eigenvalue weighted by Gasteiger charge is -2.12. The standard InChI is InChI=1S/C13H27NO2/c1-3-5-6-7-8-9-10-12(13(15)16)11-14-4-2/h12,14H,3-11H2,1-2H3,(H,15,16)/t12-/m1/s1. The second kappa shape index (κ2) is 10.9. The molecule has 0 radical (unpaired) electrons. The van der Waals surface area contributed by atoms with Crippen molar-refractivity contribution in [3.05, 3.63) is 0 Å². The summed E-state index contributed by atoms with van der Waals surface area (Å²) in [6, 6.07) is 0. The predicted molar refractivity (Wildman–Crippen MR) is 67.7 cm³/mol. The van der Waals surface area contributed by atoms with Gasteiger partial charge in [0.05, 0.1) is 5.92 Å². The van der Waals surface area contributed by atoms with Crippen molar-refractivity contribution in [1.29, 1.82) is 0 Å². The molecular weight excluding hydrogens is 202 g/mol. The molecule has 0 unspecified atom stereocenters. The number of carboxylic acids is 1. The van der Waals surface area contributed by atoms with Crippen LogP contribution in [-0.2, 0) is 4.79 Å². The summed E-state index contributed by atoms with van der Waals surface area (Å²) >= 11 is 0. The summed E-state index contributed by atoms with van der Waals surface area (Å²) < 4.78 is 0. The first kappa shape index (κ1) is 15.4. The number of unbranched alkanes of at least 4 members (excludes halogenated alkanes) is 5. The monoisotopic (exact) mass is 229 g/mol. The van der Waals surface area contributed by atoms with Gasteiger partial charge in [0.1, 0.15) is 0 Å². The zero-order chi connectivity index (χ0) is 12.2. The van der Waals surface area contributed by atoms with Crippen molar-refractivity contribution in [3.63, 3.8) is 0 Å². The van der Waals surface area contributed by atoms with Crippen molar-refractivity contribution in [2.24, 2.45) is 5.92 Å². The summed E-state index contributed by atoms with van der Waals surface area (Å²) in [4.78, 5) is 10.9. The van der Waals surface area contributed by atoms with Crippen LogP contribution in [0, 0.1) is 5.92 Å².